The zero-order valence-electron chi connectivity index (χ0n) is 13.4. The number of hydrogen-bond donors (Lipinski definition) is 1. The Bertz CT molecular complexity index is 421. The van der Waals surface area contributed by atoms with Gasteiger partial charge in [-0.2, -0.15) is 0 Å². The molecule has 118 valence electrons. The van der Waals surface area contributed by atoms with Crippen molar-refractivity contribution in [3.8, 4) is 0 Å². The van der Waals surface area contributed by atoms with Gasteiger partial charge in [0.1, 0.15) is 11.6 Å². The van der Waals surface area contributed by atoms with Crippen LogP contribution in [0.4, 0.5) is 0 Å². The molecule has 0 aromatic rings. The minimum Gasteiger partial charge on any atom is -0.340 e. The molecule has 2 saturated carbocycles. The molecule has 0 aromatic carbocycles. The quantitative estimate of drug-likeness (QED) is 0.807. The zero-order valence-corrected chi connectivity index (χ0v) is 13.4. The number of nitrogens with one attached hydrogen (secondary N) is 1. The molecule has 2 aliphatic carbocycles. The minimum absolute atomic E-state index is 0.0510. The van der Waals surface area contributed by atoms with Crippen molar-refractivity contribution in [3.63, 3.8) is 0 Å². The second-order valence-electron chi connectivity index (χ2n) is 7.43. The Morgan fingerprint density at radius 1 is 1.00 bits per heavy atom. The van der Waals surface area contributed by atoms with Crippen LogP contribution in [0, 0.1) is 5.92 Å². The lowest BCUT2D eigenvalue weighted by atomic mass is 9.77. The van der Waals surface area contributed by atoms with Crippen molar-refractivity contribution in [2.24, 2.45) is 5.92 Å². The van der Waals surface area contributed by atoms with Crippen LogP contribution < -0.4 is 5.32 Å². The molecular formula is C17H28N2O2. The summed E-state index contributed by atoms with van der Waals surface area (Å²) in [6.45, 7) is 4.17. The maximum absolute atomic E-state index is 13.2. The van der Waals surface area contributed by atoms with Gasteiger partial charge in [0.25, 0.3) is 0 Å². The number of nitrogens with zero attached hydrogens (tertiary/aromatic N) is 1. The Kier molecular flexibility index (Phi) is 3.98. The predicted octanol–water partition coefficient (Wildman–Crippen LogP) is 2.61. The Morgan fingerprint density at radius 3 is 2.24 bits per heavy atom. The fourth-order valence-electron chi connectivity index (χ4n) is 4.44. The first-order valence-corrected chi connectivity index (χ1v) is 8.68. The third kappa shape index (κ3) is 2.58. The molecule has 2 amide bonds. The second kappa shape index (κ2) is 5.62. The van der Waals surface area contributed by atoms with Gasteiger partial charge in [-0.05, 0) is 51.4 Å². The van der Waals surface area contributed by atoms with Gasteiger partial charge in [-0.3, -0.25) is 9.59 Å². The highest BCUT2D eigenvalue weighted by Crippen LogP contribution is 2.37. The van der Waals surface area contributed by atoms with Crippen LogP contribution in [0.15, 0.2) is 0 Å². The summed E-state index contributed by atoms with van der Waals surface area (Å²) in [4.78, 5) is 27.5. The Labute approximate surface area is 127 Å². The summed E-state index contributed by atoms with van der Waals surface area (Å²) in [7, 11) is 0. The fraction of sp³-hybridized carbons (Fsp3) is 0.882. The lowest BCUT2D eigenvalue weighted by Gasteiger charge is -2.50. The largest absolute Gasteiger partial charge is 0.340 e. The topological polar surface area (TPSA) is 49.4 Å². The Balaban J connectivity index is 1.83. The molecule has 1 N–H and O–H groups in total. The van der Waals surface area contributed by atoms with Gasteiger partial charge in [-0.25, -0.2) is 0 Å². The van der Waals surface area contributed by atoms with Gasteiger partial charge in [-0.15, -0.1) is 0 Å². The highest BCUT2D eigenvalue weighted by atomic mass is 16.2. The molecule has 1 unspecified atom stereocenters. The summed E-state index contributed by atoms with van der Waals surface area (Å²) >= 11 is 0. The highest BCUT2D eigenvalue weighted by Gasteiger charge is 2.51. The molecule has 0 aromatic heterocycles. The molecule has 4 nitrogen and oxygen atoms in total. The van der Waals surface area contributed by atoms with Crippen molar-refractivity contribution >= 4 is 11.8 Å². The second-order valence-corrected chi connectivity index (χ2v) is 7.43. The van der Waals surface area contributed by atoms with E-state index in [0.29, 0.717) is 0 Å². The summed E-state index contributed by atoms with van der Waals surface area (Å²) in [5, 5.41) is 3.08. The molecule has 1 spiro atoms. The van der Waals surface area contributed by atoms with Gasteiger partial charge < -0.3 is 10.2 Å². The van der Waals surface area contributed by atoms with Crippen LogP contribution in [0.5, 0.6) is 0 Å². The van der Waals surface area contributed by atoms with E-state index in [1.807, 2.05) is 11.8 Å². The van der Waals surface area contributed by atoms with Crippen LogP contribution in [0.25, 0.3) is 0 Å². The Hall–Kier alpha value is -1.06. The predicted molar refractivity (Wildman–Crippen MR) is 81.7 cm³/mol. The molecule has 3 rings (SSSR count). The maximum atomic E-state index is 13.2. The first-order chi connectivity index (χ1) is 10.0. The lowest BCUT2D eigenvalue weighted by molar-refractivity contribution is -0.159. The first-order valence-electron chi connectivity index (χ1n) is 8.68. The van der Waals surface area contributed by atoms with Gasteiger partial charge in [0.15, 0.2) is 0 Å². The van der Waals surface area contributed by atoms with Gasteiger partial charge >= 0.3 is 0 Å². The average Bonchev–Trinajstić information content (AvgIpc) is 2.49. The van der Waals surface area contributed by atoms with E-state index in [1.54, 1.807) is 0 Å². The molecule has 1 aliphatic heterocycles. The van der Waals surface area contributed by atoms with E-state index in [1.165, 1.54) is 19.3 Å². The number of amides is 2. The molecule has 21 heavy (non-hydrogen) atoms. The summed E-state index contributed by atoms with van der Waals surface area (Å²) in [6.07, 6.45) is 9.40. The van der Waals surface area contributed by atoms with E-state index in [-0.39, 0.29) is 23.9 Å². The van der Waals surface area contributed by atoms with E-state index in [4.69, 9.17) is 0 Å². The molecule has 1 atom stereocenters. The summed E-state index contributed by atoms with van der Waals surface area (Å²) in [5.74, 6) is 1.01. The summed E-state index contributed by atoms with van der Waals surface area (Å²) in [6, 6.07) is -0.0305. The highest BCUT2D eigenvalue weighted by molar-refractivity contribution is 5.99. The van der Waals surface area contributed by atoms with Crippen molar-refractivity contribution in [1.82, 2.24) is 10.2 Å². The normalized spacial score (nSPS) is 36.7. The molecule has 1 heterocycles. The van der Waals surface area contributed by atoms with Gasteiger partial charge in [0.2, 0.25) is 11.8 Å². The van der Waals surface area contributed by atoms with Crippen molar-refractivity contribution in [1.29, 1.82) is 0 Å². The lowest BCUT2D eigenvalue weighted by Crippen LogP contribution is -2.72. The van der Waals surface area contributed by atoms with Crippen molar-refractivity contribution in [2.45, 2.75) is 89.3 Å². The summed E-state index contributed by atoms with van der Waals surface area (Å²) in [5.41, 5.74) is -0.578. The molecule has 1 saturated heterocycles. The molecule has 4 heteroatoms. The minimum atomic E-state index is -0.578. The van der Waals surface area contributed by atoms with Crippen molar-refractivity contribution in [3.05, 3.63) is 0 Å². The smallest absolute Gasteiger partial charge is 0.249 e. The number of carbonyl (C=O) groups excluding carboxylic acids is 2. The van der Waals surface area contributed by atoms with Crippen LogP contribution in [0.3, 0.4) is 0 Å². The van der Waals surface area contributed by atoms with Gasteiger partial charge in [0.05, 0.1) is 0 Å². The third-order valence-corrected chi connectivity index (χ3v) is 5.89. The maximum Gasteiger partial charge on any atom is 0.249 e. The number of rotatable bonds is 1. The van der Waals surface area contributed by atoms with Crippen molar-refractivity contribution in [2.75, 3.05) is 0 Å². The third-order valence-electron chi connectivity index (χ3n) is 5.89. The number of carbonyl (C=O) groups is 2. The van der Waals surface area contributed by atoms with E-state index >= 15 is 0 Å². The van der Waals surface area contributed by atoms with E-state index < -0.39 is 5.54 Å². The first kappa shape index (κ1) is 14.9. The molecule has 0 bridgehead atoms. The van der Waals surface area contributed by atoms with Crippen LogP contribution >= 0.6 is 0 Å². The number of piperazine rings is 1. The van der Waals surface area contributed by atoms with Crippen LogP contribution in [0.1, 0.15) is 71.6 Å². The number of hydrogen-bond acceptors (Lipinski definition) is 2. The van der Waals surface area contributed by atoms with Crippen molar-refractivity contribution < 1.29 is 9.59 Å². The van der Waals surface area contributed by atoms with Crippen LogP contribution in [-0.4, -0.2) is 34.3 Å². The SMILES string of the molecule is CC1CCC(N2C(=O)C3(CCCCC3)NC(=O)C2C)CC1. The molecule has 3 aliphatic rings. The summed E-state index contributed by atoms with van der Waals surface area (Å²) < 4.78 is 0. The fourth-order valence-corrected chi connectivity index (χ4v) is 4.44. The molecule has 3 fully saturated rings. The van der Waals surface area contributed by atoms with Gasteiger partial charge in [-0.1, -0.05) is 26.2 Å². The van der Waals surface area contributed by atoms with Crippen LogP contribution in [0.2, 0.25) is 0 Å². The standard InChI is InChI=1S/C17H28N2O2/c1-12-6-8-14(9-7-12)19-13(2)15(20)18-17(16(19)21)10-4-3-5-11-17/h12-14H,3-11H2,1-2H3,(H,18,20). The Morgan fingerprint density at radius 2 is 1.62 bits per heavy atom. The van der Waals surface area contributed by atoms with Crippen LogP contribution in [-0.2, 0) is 9.59 Å². The molecule has 0 radical (unpaired) electrons. The van der Waals surface area contributed by atoms with E-state index in [9.17, 15) is 9.59 Å². The van der Waals surface area contributed by atoms with E-state index in [2.05, 4.69) is 12.2 Å². The van der Waals surface area contributed by atoms with Gasteiger partial charge in [0, 0.05) is 6.04 Å². The zero-order chi connectivity index (χ0) is 15.0. The average molecular weight is 292 g/mol. The monoisotopic (exact) mass is 292 g/mol. The van der Waals surface area contributed by atoms with E-state index in [0.717, 1.165) is 44.4 Å². The molecular weight excluding hydrogens is 264 g/mol.